The molecule has 1 aromatic heterocycles. The van der Waals surface area contributed by atoms with Gasteiger partial charge in [-0.2, -0.15) is 0 Å². The topological polar surface area (TPSA) is 25.4 Å². The first-order valence-electron chi connectivity index (χ1n) is 6.31. The number of aromatic nitrogens is 1. The number of rotatable bonds is 1. The molecule has 0 unspecified atom stereocenters. The number of hydrogen-bond acceptors (Lipinski definition) is 3. The van der Waals surface area contributed by atoms with Gasteiger partial charge in [-0.1, -0.05) is 6.07 Å². The third-order valence-corrected chi connectivity index (χ3v) is 3.36. The molecule has 1 aliphatic rings. The molecular weight excluding hydrogens is 243 g/mol. The lowest BCUT2D eigenvalue weighted by atomic mass is 10.1. The Hall–Kier alpha value is -2.10. The number of fused-ring (bicyclic) bond motifs is 1. The molecule has 0 amide bonds. The molecule has 0 N–H and O–H groups in total. The van der Waals surface area contributed by atoms with Gasteiger partial charge in [0.05, 0.1) is 18.4 Å². The first-order chi connectivity index (χ1) is 9.24. The number of aryl methyl sites for hydroxylation is 1. The van der Waals surface area contributed by atoms with Crippen molar-refractivity contribution >= 4 is 5.69 Å². The van der Waals surface area contributed by atoms with E-state index in [1.54, 1.807) is 12.3 Å². The molecule has 2 heterocycles. The van der Waals surface area contributed by atoms with Crippen LogP contribution in [-0.4, -0.2) is 18.1 Å². The predicted octanol–water partition coefficient (Wildman–Crippen LogP) is 2.93. The van der Waals surface area contributed by atoms with Crippen molar-refractivity contribution in [3.63, 3.8) is 0 Å². The van der Waals surface area contributed by atoms with Gasteiger partial charge in [0.25, 0.3) is 0 Å². The second-order valence-corrected chi connectivity index (χ2v) is 4.68. The molecule has 0 radical (unpaired) electrons. The van der Waals surface area contributed by atoms with E-state index in [1.165, 1.54) is 17.7 Å². The van der Waals surface area contributed by atoms with Crippen LogP contribution in [0.5, 0.6) is 5.75 Å². The number of anilines is 1. The Morgan fingerprint density at radius 3 is 3.05 bits per heavy atom. The largest absolute Gasteiger partial charge is 0.491 e. The van der Waals surface area contributed by atoms with Crippen molar-refractivity contribution in [3.05, 3.63) is 53.6 Å². The van der Waals surface area contributed by atoms with E-state index in [0.29, 0.717) is 18.9 Å². The van der Waals surface area contributed by atoms with Crippen molar-refractivity contribution in [2.45, 2.75) is 13.5 Å². The number of hydrogen-bond donors (Lipinski definition) is 0. The molecule has 3 rings (SSSR count). The van der Waals surface area contributed by atoms with Crippen molar-refractivity contribution in [3.8, 4) is 5.75 Å². The number of pyridine rings is 1. The molecular formula is C15H15FN2O. The van der Waals surface area contributed by atoms with Crippen molar-refractivity contribution in [2.24, 2.45) is 0 Å². The van der Waals surface area contributed by atoms with Crippen LogP contribution in [0.4, 0.5) is 10.1 Å². The summed E-state index contributed by atoms with van der Waals surface area (Å²) in [6, 6.07) is 6.71. The fourth-order valence-electron chi connectivity index (χ4n) is 2.34. The third-order valence-electron chi connectivity index (χ3n) is 3.36. The summed E-state index contributed by atoms with van der Waals surface area (Å²) in [6.07, 6.45) is 3.65. The maximum absolute atomic E-state index is 13.2. The standard InChI is InChI=1S/C15H15FN2O/c1-11-4-5-17-9-14(11)18-6-7-19-15-8-13(16)3-2-12(15)10-18/h2-5,8-9H,6-7,10H2,1H3. The van der Waals surface area contributed by atoms with Crippen molar-refractivity contribution in [2.75, 3.05) is 18.1 Å². The summed E-state index contributed by atoms with van der Waals surface area (Å²) in [5.74, 6) is 0.383. The predicted molar refractivity (Wildman–Crippen MR) is 71.9 cm³/mol. The molecule has 2 aromatic rings. The van der Waals surface area contributed by atoms with E-state index in [2.05, 4.69) is 16.8 Å². The lowest BCUT2D eigenvalue weighted by Crippen LogP contribution is -2.26. The van der Waals surface area contributed by atoms with E-state index in [1.807, 2.05) is 12.3 Å². The van der Waals surface area contributed by atoms with E-state index in [9.17, 15) is 4.39 Å². The summed E-state index contributed by atoms with van der Waals surface area (Å²) in [5.41, 5.74) is 3.28. The van der Waals surface area contributed by atoms with Crippen LogP contribution in [0.1, 0.15) is 11.1 Å². The molecule has 1 aromatic carbocycles. The van der Waals surface area contributed by atoms with Gasteiger partial charge in [0.15, 0.2) is 0 Å². The maximum Gasteiger partial charge on any atom is 0.127 e. The maximum atomic E-state index is 13.2. The van der Waals surface area contributed by atoms with E-state index < -0.39 is 0 Å². The molecule has 4 heteroatoms. The summed E-state index contributed by atoms with van der Waals surface area (Å²) in [4.78, 5) is 6.39. The Balaban J connectivity index is 1.94. The van der Waals surface area contributed by atoms with Crippen LogP contribution in [0.3, 0.4) is 0 Å². The zero-order valence-electron chi connectivity index (χ0n) is 10.8. The lowest BCUT2D eigenvalue weighted by molar-refractivity contribution is 0.330. The first kappa shape index (κ1) is 12.0. The van der Waals surface area contributed by atoms with Crippen molar-refractivity contribution in [1.29, 1.82) is 0 Å². The molecule has 0 saturated heterocycles. The summed E-state index contributed by atoms with van der Waals surface area (Å²) >= 11 is 0. The minimum absolute atomic E-state index is 0.259. The molecule has 0 saturated carbocycles. The average Bonchev–Trinajstić information content (AvgIpc) is 2.61. The molecule has 0 spiro atoms. The molecule has 0 bridgehead atoms. The Morgan fingerprint density at radius 2 is 2.21 bits per heavy atom. The summed E-state index contributed by atoms with van der Waals surface area (Å²) in [5, 5.41) is 0. The number of halogens is 1. The summed E-state index contributed by atoms with van der Waals surface area (Å²) in [7, 11) is 0. The zero-order chi connectivity index (χ0) is 13.2. The van der Waals surface area contributed by atoms with Crippen LogP contribution >= 0.6 is 0 Å². The Kier molecular flexibility index (Phi) is 3.07. The van der Waals surface area contributed by atoms with E-state index in [0.717, 1.165) is 17.8 Å². The second-order valence-electron chi connectivity index (χ2n) is 4.68. The smallest absolute Gasteiger partial charge is 0.127 e. The lowest BCUT2D eigenvalue weighted by Gasteiger charge is -2.23. The van der Waals surface area contributed by atoms with Gasteiger partial charge in [0.2, 0.25) is 0 Å². The highest BCUT2D eigenvalue weighted by Crippen LogP contribution is 2.28. The molecule has 0 aliphatic carbocycles. The van der Waals surface area contributed by atoms with Crippen LogP contribution in [0.15, 0.2) is 36.7 Å². The van der Waals surface area contributed by atoms with Crippen LogP contribution in [0, 0.1) is 12.7 Å². The van der Waals surface area contributed by atoms with Crippen LogP contribution < -0.4 is 9.64 Å². The normalized spacial score (nSPS) is 14.5. The molecule has 1 aliphatic heterocycles. The van der Waals surface area contributed by atoms with E-state index in [4.69, 9.17) is 4.74 Å². The molecule has 98 valence electrons. The molecule has 0 atom stereocenters. The fourth-order valence-corrected chi connectivity index (χ4v) is 2.34. The van der Waals surface area contributed by atoms with Crippen molar-refractivity contribution in [1.82, 2.24) is 4.98 Å². The third kappa shape index (κ3) is 2.38. The first-order valence-corrected chi connectivity index (χ1v) is 6.31. The Labute approximate surface area is 111 Å². The minimum Gasteiger partial charge on any atom is -0.491 e. The van der Waals surface area contributed by atoms with Gasteiger partial charge in [-0.3, -0.25) is 4.98 Å². The van der Waals surface area contributed by atoms with Gasteiger partial charge in [0.1, 0.15) is 18.2 Å². The van der Waals surface area contributed by atoms with Crippen LogP contribution in [0.25, 0.3) is 0 Å². The second kappa shape index (κ2) is 4.88. The van der Waals surface area contributed by atoms with Crippen molar-refractivity contribution < 1.29 is 9.13 Å². The van der Waals surface area contributed by atoms with Crippen LogP contribution in [0.2, 0.25) is 0 Å². The van der Waals surface area contributed by atoms with Gasteiger partial charge >= 0.3 is 0 Å². The fraction of sp³-hybridized carbons (Fsp3) is 0.267. The Morgan fingerprint density at radius 1 is 1.32 bits per heavy atom. The van der Waals surface area contributed by atoms with E-state index in [-0.39, 0.29) is 5.82 Å². The highest BCUT2D eigenvalue weighted by atomic mass is 19.1. The number of nitrogens with zero attached hydrogens (tertiary/aromatic N) is 2. The molecule has 0 fully saturated rings. The highest BCUT2D eigenvalue weighted by Gasteiger charge is 2.17. The summed E-state index contributed by atoms with van der Waals surface area (Å²) in [6.45, 7) is 4.09. The zero-order valence-corrected chi connectivity index (χ0v) is 10.8. The van der Waals surface area contributed by atoms with Gasteiger partial charge in [-0.25, -0.2) is 4.39 Å². The molecule has 19 heavy (non-hydrogen) atoms. The van der Waals surface area contributed by atoms with Gasteiger partial charge < -0.3 is 9.64 Å². The monoisotopic (exact) mass is 258 g/mol. The highest BCUT2D eigenvalue weighted by molar-refractivity contribution is 5.52. The average molecular weight is 258 g/mol. The molecule has 3 nitrogen and oxygen atoms in total. The quantitative estimate of drug-likeness (QED) is 0.786. The van der Waals surface area contributed by atoms with Gasteiger partial charge in [-0.05, 0) is 24.6 Å². The van der Waals surface area contributed by atoms with Gasteiger partial charge in [-0.15, -0.1) is 0 Å². The van der Waals surface area contributed by atoms with E-state index >= 15 is 0 Å². The number of ether oxygens (including phenoxy) is 1. The van der Waals surface area contributed by atoms with Crippen LogP contribution in [-0.2, 0) is 6.54 Å². The number of benzene rings is 1. The minimum atomic E-state index is -0.259. The Bertz CT molecular complexity index is 600. The summed E-state index contributed by atoms with van der Waals surface area (Å²) < 4.78 is 18.8. The van der Waals surface area contributed by atoms with Gasteiger partial charge in [0, 0.05) is 24.4 Å². The SMILES string of the molecule is Cc1ccncc1N1CCOc2cc(F)ccc2C1.